The minimum atomic E-state index is -0.959. The Kier molecular flexibility index (Phi) is 6.54. The molecule has 0 aliphatic carbocycles. The fraction of sp³-hybridized carbons (Fsp3) is 0.545. The molecule has 10 nitrogen and oxygen atoms in total. The number of hydrogen-bond donors (Lipinski definition) is 1. The molecule has 1 aromatic rings. The number of piperazine rings is 1. The number of piperidine rings is 1. The molecule has 0 bridgehead atoms. The van der Waals surface area contributed by atoms with E-state index in [9.17, 15) is 19.2 Å². The van der Waals surface area contributed by atoms with Crippen LogP contribution in [0.5, 0.6) is 0 Å². The molecule has 1 atom stereocenters. The fourth-order valence-electron chi connectivity index (χ4n) is 4.59. The van der Waals surface area contributed by atoms with E-state index in [1.54, 1.807) is 26.4 Å². The van der Waals surface area contributed by atoms with Gasteiger partial charge in [0, 0.05) is 59.8 Å². The van der Waals surface area contributed by atoms with Crippen LogP contribution in [0.15, 0.2) is 18.2 Å². The van der Waals surface area contributed by atoms with Crippen LogP contribution < -0.4 is 10.2 Å². The number of carbonyl (C=O) groups excluding carboxylic acids is 4. The molecule has 32 heavy (non-hydrogen) atoms. The first-order chi connectivity index (χ1) is 15.4. The van der Waals surface area contributed by atoms with Crippen LogP contribution >= 0.6 is 0 Å². The van der Waals surface area contributed by atoms with Gasteiger partial charge in [-0.25, -0.2) is 0 Å². The average Bonchev–Trinajstić information content (AvgIpc) is 3.05. The number of carbonyl (C=O) groups is 4. The summed E-state index contributed by atoms with van der Waals surface area (Å²) >= 11 is 0. The molecule has 3 aliphatic rings. The monoisotopic (exact) mass is 444 g/mol. The molecular formula is C22H28N4O6. The Bertz CT molecular complexity index is 923. The molecule has 0 saturated carbocycles. The maximum Gasteiger partial charge on any atom is 0.264 e. The third kappa shape index (κ3) is 4.13. The van der Waals surface area contributed by atoms with Crippen LogP contribution in [0.3, 0.4) is 0 Å². The quantitative estimate of drug-likeness (QED) is 0.470. The van der Waals surface area contributed by atoms with Crippen LogP contribution in [0.25, 0.3) is 0 Å². The van der Waals surface area contributed by atoms with E-state index in [1.807, 2.05) is 6.07 Å². The zero-order chi connectivity index (χ0) is 22.8. The summed E-state index contributed by atoms with van der Waals surface area (Å²) in [4.78, 5) is 55.5. The van der Waals surface area contributed by atoms with Gasteiger partial charge < -0.3 is 14.4 Å². The minimum absolute atomic E-state index is 0.103. The molecule has 3 aliphatic heterocycles. The summed E-state index contributed by atoms with van der Waals surface area (Å²) in [6.45, 7) is 3.88. The van der Waals surface area contributed by atoms with Crippen molar-refractivity contribution in [1.82, 2.24) is 15.1 Å². The van der Waals surface area contributed by atoms with Crippen molar-refractivity contribution in [3.63, 3.8) is 0 Å². The number of nitrogens with zero attached hydrogens (tertiary/aromatic N) is 3. The van der Waals surface area contributed by atoms with Crippen molar-refractivity contribution in [2.24, 2.45) is 0 Å². The lowest BCUT2D eigenvalue weighted by Crippen LogP contribution is -2.54. The second kappa shape index (κ2) is 9.35. The van der Waals surface area contributed by atoms with Crippen LogP contribution in [-0.4, -0.2) is 92.7 Å². The van der Waals surface area contributed by atoms with Crippen molar-refractivity contribution in [2.45, 2.75) is 31.6 Å². The summed E-state index contributed by atoms with van der Waals surface area (Å²) < 4.78 is 10.5. The van der Waals surface area contributed by atoms with Gasteiger partial charge in [0.25, 0.3) is 11.8 Å². The largest absolute Gasteiger partial charge is 0.368 e. The lowest BCUT2D eigenvalue weighted by Gasteiger charge is -2.37. The number of ether oxygens (including phenoxy) is 2. The van der Waals surface area contributed by atoms with Gasteiger partial charge in [0.2, 0.25) is 11.8 Å². The van der Waals surface area contributed by atoms with Gasteiger partial charge in [0.05, 0.1) is 16.8 Å². The molecule has 0 radical (unpaired) electrons. The third-order valence-electron chi connectivity index (χ3n) is 6.37. The average molecular weight is 444 g/mol. The summed E-state index contributed by atoms with van der Waals surface area (Å²) in [7, 11) is 3.25. The number of nitrogens with one attached hydrogen (secondary N) is 1. The summed E-state index contributed by atoms with van der Waals surface area (Å²) in [5.74, 6) is -1.94. The smallest absolute Gasteiger partial charge is 0.264 e. The third-order valence-corrected chi connectivity index (χ3v) is 6.37. The molecule has 1 N–H and O–H groups in total. The molecule has 0 aromatic heterocycles. The first-order valence-corrected chi connectivity index (χ1v) is 10.8. The Morgan fingerprint density at radius 1 is 1.03 bits per heavy atom. The van der Waals surface area contributed by atoms with Gasteiger partial charge in [-0.3, -0.25) is 34.3 Å². The van der Waals surface area contributed by atoms with Crippen molar-refractivity contribution in [2.75, 3.05) is 51.8 Å². The number of imide groups is 2. The molecule has 1 unspecified atom stereocenters. The van der Waals surface area contributed by atoms with Crippen LogP contribution in [0.4, 0.5) is 5.69 Å². The molecule has 0 spiro atoms. The first kappa shape index (κ1) is 22.4. The summed E-state index contributed by atoms with van der Waals surface area (Å²) in [5.41, 5.74) is 1.36. The number of amides is 4. The van der Waals surface area contributed by atoms with E-state index in [0.29, 0.717) is 29.9 Å². The molecule has 172 valence electrons. The molecule has 2 fully saturated rings. The minimum Gasteiger partial charge on any atom is -0.368 e. The molecule has 3 heterocycles. The zero-order valence-corrected chi connectivity index (χ0v) is 18.3. The van der Waals surface area contributed by atoms with Gasteiger partial charge >= 0.3 is 0 Å². The van der Waals surface area contributed by atoms with Gasteiger partial charge in [0.1, 0.15) is 6.04 Å². The van der Waals surface area contributed by atoms with E-state index in [2.05, 4.69) is 15.1 Å². The van der Waals surface area contributed by atoms with Crippen molar-refractivity contribution in [1.29, 1.82) is 0 Å². The number of anilines is 1. The van der Waals surface area contributed by atoms with Crippen LogP contribution in [-0.2, 0) is 19.1 Å². The van der Waals surface area contributed by atoms with E-state index in [0.717, 1.165) is 31.0 Å². The summed E-state index contributed by atoms with van der Waals surface area (Å²) in [6, 6.07) is 4.27. The molecule has 2 saturated heterocycles. The Morgan fingerprint density at radius 2 is 1.75 bits per heavy atom. The number of rotatable bonds is 7. The number of hydrogen-bond acceptors (Lipinski definition) is 8. The molecule has 4 amide bonds. The summed E-state index contributed by atoms with van der Waals surface area (Å²) in [5, 5.41) is 2.23. The molecular weight excluding hydrogens is 416 g/mol. The van der Waals surface area contributed by atoms with Crippen LogP contribution in [0.2, 0.25) is 0 Å². The van der Waals surface area contributed by atoms with Crippen molar-refractivity contribution < 1.29 is 28.7 Å². The van der Waals surface area contributed by atoms with E-state index in [4.69, 9.17) is 9.47 Å². The highest BCUT2D eigenvalue weighted by atomic mass is 16.7. The second-order valence-electron chi connectivity index (χ2n) is 8.17. The SMILES string of the molecule is COC(CCN1CCN(c2cccc3c2C(=O)N(C2CCC(=O)NC2=O)C3=O)CC1)OC. The maximum atomic E-state index is 13.3. The predicted molar refractivity (Wildman–Crippen MR) is 114 cm³/mol. The van der Waals surface area contributed by atoms with Gasteiger partial charge in [-0.1, -0.05) is 6.07 Å². The topological polar surface area (TPSA) is 108 Å². The highest BCUT2D eigenvalue weighted by Gasteiger charge is 2.46. The zero-order valence-electron chi connectivity index (χ0n) is 18.3. The number of fused-ring (bicyclic) bond motifs is 1. The van der Waals surface area contributed by atoms with E-state index in [1.165, 1.54) is 0 Å². The highest BCUT2D eigenvalue weighted by molar-refractivity contribution is 6.25. The standard InChI is InChI=1S/C22H28N4O6/c1-31-18(32-2)8-9-24-10-12-25(13-11-24)15-5-3-4-14-19(15)22(30)26(21(14)29)16-6-7-17(27)23-20(16)28/h3-5,16,18H,6-13H2,1-2H3,(H,23,27,28). The van der Waals surface area contributed by atoms with Gasteiger partial charge in [0.15, 0.2) is 6.29 Å². The Morgan fingerprint density at radius 3 is 2.41 bits per heavy atom. The number of benzene rings is 1. The number of methoxy groups -OCH3 is 2. The van der Waals surface area contributed by atoms with E-state index >= 15 is 0 Å². The Hall–Kier alpha value is -2.82. The van der Waals surface area contributed by atoms with Gasteiger partial charge in [-0.05, 0) is 18.6 Å². The fourth-order valence-corrected chi connectivity index (χ4v) is 4.59. The van der Waals surface area contributed by atoms with Gasteiger partial charge in [-0.15, -0.1) is 0 Å². The molecule has 10 heteroatoms. The maximum absolute atomic E-state index is 13.3. The first-order valence-electron chi connectivity index (χ1n) is 10.8. The van der Waals surface area contributed by atoms with Gasteiger partial charge in [-0.2, -0.15) is 0 Å². The van der Waals surface area contributed by atoms with Crippen molar-refractivity contribution in [3.8, 4) is 0 Å². The lowest BCUT2D eigenvalue weighted by atomic mass is 10.0. The highest BCUT2D eigenvalue weighted by Crippen LogP contribution is 2.34. The van der Waals surface area contributed by atoms with Crippen molar-refractivity contribution in [3.05, 3.63) is 29.3 Å². The summed E-state index contributed by atoms with van der Waals surface area (Å²) in [6.07, 6.45) is 0.786. The Labute approximate surface area is 186 Å². The van der Waals surface area contributed by atoms with Crippen molar-refractivity contribution >= 4 is 29.3 Å². The van der Waals surface area contributed by atoms with Crippen LogP contribution in [0, 0.1) is 0 Å². The normalized spacial score (nSPS) is 22.0. The van der Waals surface area contributed by atoms with Crippen LogP contribution in [0.1, 0.15) is 40.0 Å². The van der Waals surface area contributed by atoms with E-state index < -0.39 is 23.8 Å². The van der Waals surface area contributed by atoms with E-state index in [-0.39, 0.29) is 25.0 Å². The second-order valence-corrected chi connectivity index (χ2v) is 8.17. The lowest BCUT2D eigenvalue weighted by molar-refractivity contribution is -0.136. The molecule has 4 rings (SSSR count). The Balaban J connectivity index is 1.47. The predicted octanol–water partition coefficient (Wildman–Crippen LogP) is 0.219. The molecule has 1 aromatic carbocycles.